The maximum atomic E-state index is 13.2. The Hall–Kier alpha value is -5.10. The molecular weight excluding hydrogens is 735 g/mol. The van der Waals surface area contributed by atoms with Crippen molar-refractivity contribution in [3.05, 3.63) is 182 Å². The second-order valence-electron chi connectivity index (χ2n) is 8.37. The molecule has 0 saturated heterocycles. The van der Waals surface area contributed by atoms with Crippen LogP contribution in [0.2, 0.25) is 0 Å². The number of rotatable bonds is 6. The Morgan fingerprint density at radius 2 is 1.34 bits per heavy atom. The van der Waals surface area contributed by atoms with Crippen LogP contribution in [0.1, 0.15) is 21.6 Å². The minimum Gasteiger partial charge on any atom is -0.476 e. The molecule has 0 amide bonds. The van der Waals surface area contributed by atoms with E-state index in [0.29, 0.717) is 11.3 Å². The Bertz CT molecular complexity index is 1620. The van der Waals surface area contributed by atoms with Crippen LogP contribution in [-0.4, -0.2) is 21.0 Å². The van der Waals surface area contributed by atoms with E-state index in [1.807, 2.05) is 60.7 Å². The molecule has 0 bridgehead atoms. The first-order valence-electron chi connectivity index (χ1n) is 12.9. The Labute approximate surface area is 270 Å². The second kappa shape index (κ2) is 20.7. The van der Waals surface area contributed by atoms with Crippen molar-refractivity contribution in [2.24, 2.45) is 0 Å². The van der Waals surface area contributed by atoms with Crippen LogP contribution in [0.5, 0.6) is 0 Å². The molecule has 225 valence electrons. The van der Waals surface area contributed by atoms with E-state index in [-0.39, 0.29) is 31.4 Å². The van der Waals surface area contributed by atoms with Crippen molar-refractivity contribution in [2.75, 3.05) is 0 Å². The molecule has 0 unspecified atom stereocenters. The topological polar surface area (TPSA) is 63.1 Å². The number of allylic oxidation sites excluding steroid dienone is 2. The molecule has 0 aliphatic rings. The predicted octanol–water partition coefficient (Wildman–Crippen LogP) is 9.60. The van der Waals surface area contributed by atoms with Gasteiger partial charge in [0.25, 0.3) is 0 Å². The molecule has 0 aliphatic heterocycles. The van der Waals surface area contributed by atoms with Crippen molar-refractivity contribution in [3.8, 4) is 22.4 Å². The van der Waals surface area contributed by atoms with Crippen LogP contribution in [0.3, 0.4) is 0 Å². The normalized spacial score (nSPS) is 9.05. The molecule has 1 radical (unpaired) electrons. The number of benzene rings is 3. The van der Waals surface area contributed by atoms with Gasteiger partial charge >= 0.3 is 5.97 Å². The van der Waals surface area contributed by atoms with Gasteiger partial charge in [0.1, 0.15) is 0 Å². The summed E-state index contributed by atoms with van der Waals surface area (Å²) in [5.74, 6) is -2.31. The van der Waals surface area contributed by atoms with E-state index < -0.39 is 17.6 Å². The molecule has 3 aromatic carbocycles. The first kappa shape index (κ1) is 36.9. The van der Waals surface area contributed by atoms with Crippen LogP contribution in [0.15, 0.2) is 148 Å². The van der Waals surface area contributed by atoms with Crippen LogP contribution in [0.4, 0.5) is 8.78 Å². The minimum atomic E-state index is -1.02. The van der Waals surface area contributed by atoms with Crippen LogP contribution in [0, 0.1) is 17.7 Å². The summed E-state index contributed by atoms with van der Waals surface area (Å²) in [5.41, 5.74) is 4.33. The summed E-state index contributed by atoms with van der Waals surface area (Å²) in [4.78, 5) is 18.9. The number of aromatic nitrogens is 2. The number of pyridine rings is 2. The minimum absolute atomic E-state index is 0. The van der Waals surface area contributed by atoms with Crippen molar-refractivity contribution < 1.29 is 38.8 Å². The fourth-order valence-electron chi connectivity index (χ4n) is 3.35. The number of hydrogen-bond acceptors (Lipinski definition) is 3. The maximum Gasteiger partial charge on any atom is 0.355 e. The van der Waals surface area contributed by atoms with Gasteiger partial charge in [0.15, 0.2) is 5.69 Å². The molecule has 0 fully saturated rings. The summed E-state index contributed by atoms with van der Waals surface area (Å²) in [5, 5.41) is 9.05. The molecule has 0 atom stereocenters. The van der Waals surface area contributed by atoms with E-state index in [0.717, 1.165) is 23.3 Å². The molecule has 0 saturated carbocycles. The van der Waals surface area contributed by atoms with Crippen LogP contribution < -0.4 is 0 Å². The van der Waals surface area contributed by atoms with E-state index in [4.69, 9.17) is 5.11 Å². The van der Waals surface area contributed by atoms with Crippen molar-refractivity contribution in [2.45, 2.75) is 0 Å². The third kappa shape index (κ3) is 12.4. The van der Waals surface area contributed by atoms with E-state index in [1.54, 1.807) is 54.8 Å². The Balaban J connectivity index is 0.000000322. The van der Waals surface area contributed by atoms with Gasteiger partial charge in [0.05, 0.1) is 0 Å². The summed E-state index contributed by atoms with van der Waals surface area (Å²) in [6.45, 7) is 14.0. The number of halogens is 2. The van der Waals surface area contributed by atoms with Gasteiger partial charge in [0.2, 0.25) is 0 Å². The van der Waals surface area contributed by atoms with Gasteiger partial charge < -0.3 is 10.1 Å². The van der Waals surface area contributed by atoms with E-state index in [1.165, 1.54) is 11.8 Å². The van der Waals surface area contributed by atoms with Gasteiger partial charge in [-0.1, -0.05) is 135 Å². The third-order valence-corrected chi connectivity index (χ3v) is 5.45. The molecule has 0 aliphatic carbocycles. The average Bonchev–Trinajstić information content (AvgIpc) is 3.06. The Morgan fingerprint density at radius 1 is 0.750 bits per heavy atom. The van der Waals surface area contributed by atoms with Gasteiger partial charge in [-0.15, -0.1) is 12.1 Å². The van der Waals surface area contributed by atoms with E-state index in [2.05, 4.69) is 42.4 Å². The second-order valence-corrected chi connectivity index (χ2v) is 8.37. The van der Waals surface area contributed by atoms with Crippen LogP contribution >= 0.6 is 0 Å². The molecule has 5 aromatic rings. The standard InChI is InChI=1S/C14H11NO2.C11H6F2N.C8H8.C4H6.Ir/c1-2-10-5-7-11(8-6-10)12-4-3-9-15-13(12)14(16)17;12-8-4-5-9(10(13)7-8)11-3-1-2-6-14-11;1-2-8-6-4-3-5-7-8;1-3-4-2;/h2-9H,1H2,(H,16,17);1-4,6-7H;2-7H,1H2;3-4H,1-2H2;/q;-1;;;. The molecule has 44 heavy (non-hydrogen) atoms. The monoisotopic (exact) mass is 766 g/mol. The average molecular weight is 766 g/mol. The fourth-order valence-corrected chi connectivity index (χ4v) is 3.35. The number of carbonyl (C=O) groups is 1. The quantitative estimate of drug-likeness (QED) is 0.138. The Morgan fingerprint density at radius 3 is 1.84 bits per heavy atom. The zero-order valence-corrected chi connectivity index (χ0v) is 26.3. The molecular formula is C37H31F2IrN2O2-. The summed E-state index contributed by atoms with van der Waals surface area (Å²) in [7, 11) is 0. The van der Waals surface area contributed by atoms with Crippen molar-refractivity contribution in [3.63, 3.8) is 0 Å². The van der Waals surface area contributed by atoms with Gasteiger partial charge in [0, 0.05) is 49.7 Å². The molecule has 5 rings (SSSR count). The Kier molecular flexibility index (Phi) is 17.4. The third-order valence-electron chi connectivity index (χ3n) is 5.45. The summed E-state index contributed by atoms with van der Waals surface area (Å²) in [6.07, 6.45) is 9.88. The van der Waals surface area contributed by atoms with Gasteiger partial charge in [-0.3, -0.25) is 8.78 Å². The smallest absolute Gasteiger partial charge is 0.355 e. The molecule has 0 spiro atoms. The summed E-state index contributed by atoms with van der Waals surface area (Å²) >= 11 is 0. The molecule has 4 nitrogen and oxygen atoms in total. The number of carboxylic acid groups (broad SMARTS) is 1. The SMILES string of the molecule is C=CC=C.C=Cc1ccc(-c2cccnc2C(=O)O)cc1.C=Cc1ccccc1.Fc1c[c-]c(-c2ccccn2)c(F)c1.[Ir]. The first-order valence-corrected chi connectivity index (χ1v) is 12.9. The number of aromatic carboxylic acids is 1. The molecule has 7 heteroatoms. The number of hydrogen-bond donors (Lipinski definition) is 1. The van der Waals surface area contributed by atoms with Gasteiger partial charge in [-0.2, -0.15) is 0 Å². The van der Waals surface area contributed by atoms with E-state index in [9.17, 15) is 13.6 Å². The summed E-state index contributed by atoms with van der Waals surface area (Å²) in [6, 6.07) is 30.5. The van der Waals surface area contributed by atoms with Crippen molar-refractivity contribution in [1.82, 2.24) is 9.97 Å². The van der Waals surface area contributed by atoms with Crippen LogP contribution in [-0.2, 0) is 20.1 Å². The molecule has 1 N–H and O–H groups in total. The largest absolute Gasteiger partial charge is 0.476 e. The predicted molar refractivity (Wildman–Crippen MR) is 172 cm³/mol. The van der Waals surface area contributed by atoms with Crippen molar-refractivity contribution >= 4 is 18.1 Å². The van der Waals surface area contributed by atoms with Gasteiger partial charge in [-0.05, 0) is 34.5 Å². The van der Waals surface area contributed by atoms with Crippen LogP contribution in [0.25, 0.3) is 34.5 Å². The number of carboxylic acids is 1. The zero-order chi connectivity index (χ0) is 31.5. The summed E-state index contributed by atoms with van der Waals surface area (Å²) < 4.78 is 25.8. The number of nitrogens with zero attached hydrogens (tertiary/aromatic N) is 2. The van der Waals surface area contributed by atoms with Crippen molar-refractivity contribution in [1.29, 1.82) is 0 Å². The molecule has 2 heterocycles. The maximum absolute atomic E-state index is 13.2. The zero-order valence-electron chi connectivity index (χ0n) is 23.9. The first-order chi connectivity index (χ1) is 20.8. The molecule has 2 aromatic heterocycles. The fraction of sp³-hybridized carbons (Fsp3) is 0. The van der Waals surface area contributed by atoms with E-state index >= 15 is 0 Å². The van der Waals surface area contributed by atoms with Gasteiger partial charge in [-0.25, -0.2) is 9.78 Å².